The number of hydrogen-bond donors (Lipinski definition) is 0. The van der Waals surface area contributed by atoms with Crippen molar-refractivity contribution in [2.75, 3.05) is 14.2 Å². The summed E-state index contributed by atoms with van der Waals surface area (Å²) in [5.74, 6) is 0.441. The Hall–Kier alpha value is -1.77. The zero-order valence-corrected chi connectivity index (χ0v) is 8.31. The van der Waals surface area contributed by atoms with E-state index in [0.717, 1.165) is 5.56 Å². The lowest BCUT2D eigenvalue weighted by Crippen LogP contribution is -1.96. The molecule has 14 heavy (non-hydrogen) atoms. The number of oxime groups is 1. The van der Waals surface area contributed by atoms with Crippen molar-refractivity contribution in [1.29, 1.82) is 0 Å². The minimum absolute atomic E-state index is 0.441. The van der Waals surface area contributed by atoms with Crippen LogP contribution in [0.2, 0.25) is 0 Å². The fourth-order valence-corrected chi connectivity index (χ4v) is 0.957. The molecule has 0 aliphatic rings. The van der Waals surface area contributed by atoms with Gasteiger partial charge in [-0.2, -0.15) is 0 Å². The van der Waals surface area contributed by atoms with Crippen LogP contribution in [0.1, 0.15) is 5.56 Å². The summed E-state index contributed by atoms with van der Waals surface area (Å²) in [6.45, 7) is 0. The minimum Gasteiger partial charge on any atom is -0.479 e. The van der Waals surface area contributed by atoms with Gasteiger partial charge in [0.2, 0.25) is 5.90 Å². The van der Waals surface area contributed by atoms with Gasteiger partial charge in [0.05, 0.1) is 7.11 Å². The summed E-state index contributed by atoms with van der Waals surface area (Å²) in [6, 6.07) is 9.91. The van der Waals surface area contributed by atoms with E-state index in [2.05, 4.69) is 9.99 Å². The zero-order chi connectivity index (χ0) is 10.2. The fraction of sp³-hybridized carbons (Fsp3) is 0.182. The molecule has 0 heterocycles. The SMILES string of the molecule is CO/N=C(/C=C/c1ccccc1)OC. The first kappa shape index (κ1) is 10.3. The largest absolute Gasteiger partial charge is 0.479 e. The molecule has 0 fully saturated rings. The molecular weight excluding hydrogens is 178 g/mol. The van der Waals surface area contributed by atoms with E-state index in [-0.39, 0.29) is 0 Å². The summed E-state index contributed by atoms with van der Waals surface area (Å²) in [5, 5.41) is 3.67. The fourth-order valence-electron chi connectivity index (χ4n) is 0.957. The van der Waals surface area contributed by atoms with Crippen molar-refractivity contribution >= 4 is 12.0 Å². The summed E-state index contributed by atoms with van der Waals surface area (Å²) >= 11 is 0. The number of rotatable bonds is 3. The van der Waals surface area contributed by atoms with Crippen LogP contribution in [0.4, 0.5) is 0 Å². The molecule has 0 saturated carbocycles. The van der Waals surface area contributed by atoms with Crippen molar-refractivity contribution in [2.24, 2.45) is 5.16 Å². The Morgan fingerprint density at radius 3 is 2.50 bits per heavy atom. The van der Waals surface area contributed by atoms with Crippen molar-refractivity contribution < 1.29 is 9.57 Å². The van der Waals surface area contributed by atoms with Gasteiger partial charge in [-0.1, -0.05) is 30.3 Å². The molecule has 0 unspecified atom stereocenters. The Bertz CT molecular complexity index is 317. The average molecular weight is 191 g/mol. The highest BCUT2D eigenvalue weighted by atomic mass is 16.6. The van der Waals surface area contributed by atoms with Crippen LogP contribution in [0.3, 0.4) is 0 Å². The predicted octanol–water partition coefficient (Wildman–Crippen LogP) is 2.31. The van der Waals surface area contributed by atoms with E-state index in [1.54, 1.807) is 13.2 Å². The van der Waals surface area contributed by atoms with E-state index >= 15 is 0 Å². The molecule has 0 atom stereocenters. The second-order valence-corrected chi connectivity index (χ2v) is 2.56. The summed E-state index contributed by atoms with van der Waals surface area (Å²) in [7, 11) is 3.03. The van der Waals surface area contributed by atoms with Crippen LogP contribution in [-0.4, -0.2) is 20.1 Å². The van der Waals surface area contributed by atoms with Gasteiger partial charge >= 0.3 is 0 Å². The molecule has 1 aromatic rings. The van der Waals surface area contributed by atoms with Gasteiger partial charge < -0.3 is 9.57 Å². The van der Waals surface area contributed by atoms with Crippen LogP contribution in [0.5, 0.6) is 0 Å². The summed E-state index contributed by atoms with van der Waals surface area (Å²) in [5.41, 5.74) is 1.09. The first-order chi connectivity index (χ1) is 6.86. The van der Waals surface area contributed by atoms with Gasteiger partial charge in [0.25, 0.3) is 0 Å². The van der Waals surface area contributed by atoms with E-state index < -0.39 is 0 Å². The molecular formula is C11H13NO2. The quantitative estimate of drug-likeness (QED) is 0.417. The Kier molecular flexibility index (Phi) is 4.27. The van der Waals surface area contributed by atoms with Gasteiger partial charge in [0.1, 0.15) is 7.11 Å². The lowest BCUT2D eigenvalue weighted by Gasteiger charge is -1.97. The molecule has 0 spiro atoms. The lowest BCUT2D eigenvalue weighted by atomic mass is 10.2. The third kappa shape index (κ3) is 3.31. The van der Waals surface area contributed by atoms with Crippen LogP contribution in [0.15, 0.2) is 41.6 Å². The van der Waals surface area contributed by atoms with Crippen LogP contribution in [0, 0.1) is 0 Å². The zero-order valence-electron chi connectivity index (χ0n) is 8.31. The lowest BCUT2D eigenvalue weighted by molar-refractivity contribution is 0.200. The van der Waals surface area contributed by atoms with Crippen LogP contribution in [0.25, 0.3) is 6.08 Å². The maximum absolute atomic E-state index is 4.95. The Balaban J connectivity index is 2.68. The normalized spacial score (nSPS) is 11.7. The summed E-state index contributed by atoms with van der Waals surface area (Å²) < 4.78 is 4.95. The Morgan fingerprint density at radius 1 is 1.21 bits per heavy atom. The van der Waals surface area contributed by atoms with Gasteiger partial charge in [0, 0.05) is 6.08 Å². The number of nitrogens with zero attached hydrogens (tertiary/aromatic N) is 1. The highest BCUT2D eigenvalue weighted by molar-refractivity contribution is 5.91. The average Bonchev–Trinajstić information content (AvgIpc) is 2.25. The monoisotopic (exact) mass is 191 g/mol. The Labute approximate surface area is 83.6 Å². The van der Waals surface area contributed by atoms with Gasteiger partial charge in [0.15, 0.2) is 0 Å². The topological polar surface area (TPSA) is 30.8 Å². The molecule has 1 aromatic carbocycles. The third-order valence-corrected chi connectivity index (χ3v) is 1.61. The molecule has 0 aromatic heterocycles. The van der Waals surface area contributed by atoms with Crippen LogP contribution >= 0.6 is 0 Å². The summed E-state index contributed by atoms with van der Waals surface area (Å²) in [6.07, 6.45) is 3.65. The number of methoxy groups -OCH3 is 1. The minimum atomic E-state index is 0.441. The molecule has 0 amide bonds. The highest BCUT2D eigenvalue weighted by Crippen LogP contribution is 2.01. The van der Waals surface area contributed by atoms with E-state index in [4.69, 9.17) is 4.74 Å². The smallest absolute Gasteiger partial charge is 0.249 e. The van der Waals surface area contributed by atoms with Gasteiger partial charge in [-0.15, -0.1) is 0 Å². The molecule has 3 heteroatoms. The van der Waals surface area contributed by atoms with Crippen LogP contribution in [-0.2, 0) is 9.57 Å². The predicted molar refractivity (Wildman–Crippen MR) is 56.9 cm³/mol. The molecule has 3 nitrogen and oxygen atoms in total. The number of benzene rings is 1. The van der Waals surface area contributed by atoms with Gasteiger partial charge in [-0.05, 0) is 16.8 Å². The standard InChI is InChI=1S/C11H13NO2/c1-13-11(12-14-2)9-8-10-6-4-3-5-7-10/h3-9H,1-2H3/b9-8+,12-11-. The molecule has 74 valence electrons. The second-order valence-electron chi connectivity index (χ2n) is 2.56. The highest BCUT2D eigenvalue weighted by Gasteiger charge is 1.91. The molecule has 0 radical (unpaired) electrons. The Morgan fingerprint density at radius 2 is 1.93 bits per heavy atom. The molecule has 1 rings (SSSR count). The van der Waals surface area contributed by atoms with E-state index in [1.807, 2.05) is 36.4 Å². The van der Waals surface area contributed by atoms with Crippen molar-refractivity contribution in [2.45, 2.75) is 0 Å². The maximum Gasteiger partial charge on any atom is 0.249 e. The first-order valence-corrected chi connectivity index (χ1v) is 4.25. The van der Waals surface area contributed by atoms with E-state index in [0.29, 0.717) is 5.90 Å². The number of hydrogen-bond acceptors (Lipinski definition) is 3. The maximum atomic E-state index is 4.95. The van der Waals surface area contributed by atoms with Crippen LogP contribution < -0.4 is 0 Å². The third-order valence-electron chi connectivity index (χ3n) is 1.61. The molecule has 0 saturated heterocycles. The van der Waals surface area contributed by atoms with Gasteiger partial charge in [-0.25, -0.2) is 0 Å². The molecule has 0 aliphatic carbocycles. The van der Waals surface area contributed by atoms with Crippen molar-refractivity contribution in [3.05, 3.63) is 42.0 Å². The van der Waals surface area contributed by atoms with Gasteiger partial charge in [-0.3, -0.25) is 0 Å². The molecule has 0 aliphatic heterocycles. The summed E-state index contributed by atoms with van der Waals surface area (Å²) in [4.78, 5) is 4.59. The first-order valence-electron chi connectivity index (χ1n) is 4.25. The molecule has 0 N–H and O–H groups in total. The number of ether oxygens (including phenoxy) is 1. The van der Waals surface area contributed by atoms with Crippen molar-refractivity contribution in [1.82, 2.24) is 0 Å². The van der Waals surface area contributed by atoms with E-state index in [1.165, 1.54) is 7.11 Å². The van der Waals surface area contributed by atoms with E-state index in [9.17, 15) is 0 Å². The van der Waals surface area contributed by atoms with Crippen molar-refractivity contribution in [3.8, 4) is 0 Å². The molecule has 0 bridgehead atoms. The van der Waals surface area contributed by atoms with Crippen molar-refractivity contribution in [3.63, 3.8) is 0 Å². The second kappa shape index (κ2) is 5.80.